The van der Waals surface area contributed by atoms with Crippen molar-refractivity contribution in [3.8, 4) is 11.5 Å². The molecule has 0 unspecified atom stereocenters. The van der Waals surface area contributed by atoms with E-state index in [-0.39, 0.29) is 39.8 Å². The number of carboxylic acid groups (broad SMARTS) is 1. The fourth-order valence-corrected chi connectivity index (χ4v) is 4.42. The molecule has 0 radical (unpaired) electrons. The van der Waals surface area contributed by atoms with Crippen molar-refractivity contribution in [3.63, 3.8) is 0 Å². The Bertz CT molecular complexity index is 1400. The quantitative estimate of drug-likeness (QED) is 0.251. The fourth-order valence-electron chi connectivity index (χ4n) is 3.15. The molecule has 0 atom stereocenters. The Morgan fingerprint density at radius 2 is 1.71 bits per heavy atom. The topological polar surface area (TPSA) is 144 Å². The Kier molecular flexibility index (Phi) is 6.42. The van der Waals surface area contributed by atoms with E-state index < -0.39 is 16.0 Å². The molecule has 0 aliphatic heterocycles. The van der Waals surface area contributed by atoms with Gasteiger partial charge < -0.3 is 25.3 Å². The van der Waals surface area contributed by atoms with E-state index in [2.05, 4.69) is 10.0 Å². The lowest BCUT2D eigenvalue weighted by atomic mass is 10.1. The van der Waals surface area contributed by atoms with Gasteiger partial charge in [0.25, 0.3) is 10.0 Å². The van der Waals surface area contributed by atoms with Crippen LogP contribution in [0.2, 0.25) is 0 Å². The van der Waals surface area contributed by atoms with Crippen LogP contribution in [0.5, 0.6) is 11.5 Å². The van der Waals surface area contributed by atoms with Crippen LogP contribution < -0.4 is 20.5 Å². The second-order valence-corrected chi connectivity index (χ2v) is 8.85. The first-order valence-corrected chi connectivity index (χ1v) is 11.6. The van der Waals surface area contributed by atoms with Crippen LogP contribution in [-0.2, 0) is 16.6 Å². The van der Waals surface area contributed by atoms with E-state index >= 15 is 0 Å². The maximum Gasteiger partial charge on any atom is 0.335 e. The van der Waals surface area contributed by atoms with Gasteiger partial charge in [-0.1, -0.05) is 30.3 Å². The largest absolute Gasteiger partial charge is 0.478 e. The van der Waals surface area contributed by atoms with Crippen LogP contribution in [0.15, 0.2) is 94.4 Å². The number of sulfonamides is 1. The number of nitrogens with one attached hydrogen (secondary N) is 2. The minimum atomic E-state index is -4.32. The minimum Gasteiger partial charge on any atom is -0.478 e. The number of anilines is 3. The second kappa shape index (κ2) is 9.59. The van der Waals surface area contributed by atoms with Gasteiger partial charge in [0, 0.05) is 0 Å². The third-order valence-electron chi connectivity index (χ3n) is 4.79. The zero-order valence-corrected chi connectivity index (χ0v) is 18.6. The lowest BCUT2D eigenvalue weighted by molar-refractivity contribution is 0.0696. The van der Waals surface area contributed by atoms with Crippen LogP contribution in [0.1, 0.15) is 16.1 Å². The van der Waals surface area contributed by atoms with Gasteiger partial charge in [0.2, 0.25) is 0 Å². The Balaban J connectivity index is 1.84. The van der Waals surface area contributed by atoms with Crippen LogP contribution >= 0.6 is 0 Å². The Hall–Kier alpha value is -4.44. The molecule has 0 aliphatic rings. The number of rotatable bonds is 9. The highest BCUT2D eigenvalue weighted by Gasteiger charge is 2.27. The SMILES string of the molecule is Nc1ccccc1NS(=O)(=O)c1cc(C(=O)O)cc(NCc2ccco2)c1Oc1ccccc1. The van der Waals surface area contributed by atoms with Gasteiger partial charge >= 0.3 is 5.97 Å². The summed E-state index contributed by atoms with van der Waals surface area (Å²) in [7, 11) is -4.32. The van der Waals surface area contributed by atoms with E-state index in [4.69, 9.17) is 14.9 Å². The molecule has 1 heterocycles. The molecule has 0 spiro atoms. The van der Waals surface area contributed by atoms with Crippen molar-refractivity contribution in [2.75, 3.05) is 15.8 Å². The molecule has 0 fully saturated rings. The molecule has 4 aromatic rings. The highest BCUT2D eigenvalue weighted by atomic mass is 32.2. The summed E-state index contributed by atoms with van der Waals surface area (Å²) in [4.78, 5) is 11.5. The molecule has 0 saturated heterocycles. The van der Waals surface area contributed by atoms with Crippen molar-refractivity contribution < 1.29 is 27.5 Å². The van der Waals surface area contributed by atoms with Gasteiger partial charge in [-0.15, -0.1) is 0 Å². The van der Waals surface area contributed by atoms with Crippen LogP contribution in [-0.4, -0.2) is 19.5 Å². The summed E-state index contributed by atoms with van der Waals surface area (Å²) in [5.41, 5.74) is 6.17. The molecule has 0 aliphatic carbocycles. The molecule has 9 nitrogen and oxygen atoms in total. The van der Waals surface area contributed by atoms with Gasteiger partial charge in [-0.3, -0.25) is 4.72 Å². The van der Waals surface area contributed by atoms with E-state index in [1.807, 2.05) is 0 Å². The molecular weight excluding hydrogens is 458 g/mol. The number of furan rings is 1. The van der Waals surface area contributed by atoms with E-state index in [0.29, 0.717) is 11.5 Å². The average molecular weight is 480 g/mol. The third kappa shape index (κ3) is 5.13. The summed E-state index contributed by atoms with van der Waals surface area (Å²) in [6.45, 7) is 0.166. The molecule has 34 heavy (non-hydrogen) atoms. The van der Waals surface area contributed by atoms with Gasteiger partial charge in [-0.05, 0) is 48.5 Å². The van der Waals surface area contributed by atoms with Gasteiger partial charge in [0.1, 0.15) is 16.4 Å². The first-order chi connectivity index (χ1) is 16.3. The molecule has 0 bridgehead atoms. The monoisotopic (exact) mass is 479 g/mol. The number of aromatic carboxylic acids is 1. The lowest BCUT2D eigenvalue weighted by Crippen LogP contribution is -2.17. The van der Waals surface area contributed by atoms with Gasteiger partial charge in [0.05, 0.1) is 35.4 Å². The number of hydrogen-bond donors (Lipinski definition) is 4. The number of benzene rings is 3. The fraction of sp³-hybridized carbons (Fsp3) is 0.0417. The number of hydrogen-bond acceptors (Lipinski definition) is 7. The zero-order valence-electron chi connectivity index (χ0n) is 17.8. The molecule has 5 N–H and O–H groups in total. The summed E-state index contributed by atoms with van der Waals surface area (Å²) in [5.74, 6) is -0.457. The van der Waals surface area contributed by atoms with Crippen LogP contribution in [0.4, 0.5) is 17.1 Å². The summed E-state index contributed by atoms with van der Waals surface area (Å²) in [6, 6.07) is 20.7. The molecule has 0 saturated carbocycles. The highest BCUT2D eigenvalue weighted by Crippen LogP contribution is 2.39. The standard InChI is InChI=1S/C24H21N3O6S/c25-19-10-4-5-11-20(19)27-34(30,31)22-14-16(24(28)29)13-21(26-15-18-9-6-12-32-18)23(22)33-17-7-2-1-3-8-17/h1-14,26-27H,15,25H2,(H,28,29). The molecule has 174 valence electrons. The first-order valence-electron chi connectivity index (χ1n) is 10.1. The molecule has 3 aromatic carbocycles. The van der Waals surface area contributed by atoms with Crippen LogP contribution in [0, 0.1) is 0 Å². The van der Waals surface area contributed by atoms with Crippen LogP contribution in [0.3, 0.4) is 0 Å². The predicted octanol–water partition coefficient (Wildman–Crippen LogP) is 4.77. The molecule has 4 rings (SSSR count). The number of para-hydroxylation sites is 3. The maximum absolute atomic E-state index is 13.4. The van der Waals surface area contributed by atoms with E-state index in [1.165, 1.54) is 18.4 Å². The van der Waals surface area contributed by atoms with Crippen molar-refractivity contribution in [3.05, 3.63) is 96.4 Å². The maximum atomic E-state index is 13.4. The Labute approximate surface area is 195 Å². The number of carboxylic acids is 1. The number of ether oxygens (including phenoxy) is 1. The van der Waals surface area contributed by atoms with Crippen molar-refractivity contribution in [1.29, 1.82) is 0 Å². The first kappa shape index (κ1) is 22.7. The predicted molar refractivity (Wildman–Crippen MR) is 128 cm³/mol. The molecule has 0 amide bonds. The van der Waals surface area contributed by atoms with E-state index in [9.17, 15) is 18.3 Å². The summed E-state index contributed by atoms with van der Waals surface area (Å²) in [6.07, 6.45) is 1.50. The summed E-state index contributed by atoms with van der Waals surface area (Å²) in [5, 5.41) is 12.7. The molecule has 1 aromatic heterocycles. The number of nitrogens with two attached hydrogens (primary N) is 1. The zero-order chi connectivity index (χ0) is 24.1. The average Bonchev–Trinajstić information content (AvgIpc) is 3.34. The van der Waals surface area contributed by atoms with Crippen molar-refractivity contribution >= 4 is 33.1 Å². The van der Waals surface area contributed by atoms with Gasteiger partial charge in [0.15, 0.2) is 5.75 Å². The normalized spacial score (nSPS) is 11.1. The van der Waals surface area contributed by atoms with E-state index in [1.54, 1.807) is 60.7 Å². The number of nitrogen functional groups attached to an aromatic ring is 1. The Morgan fingerprint density at radius 3 is 2.38 bits per heavy atom. The highest BCUT2D eigenvalue weighted by molar-refractivity contribution is 7.92. The Morgan fingerprint density at radius 1 is 0.971 bits per heavy atom. The lowest BCUT2D eigenvalue weighted by Gasteiger charge is -2.19. The van der Waals surface area contributed by atoms with Crippen molar-refractivity contribution in [2.45, 2.75) is 11.4 Å². The smallest absolute Gasteiger partial charge is 0.335 e. The van der Waals surface area contributed by atoms with E-state index in [0.717, 1.165) is 6.07 Å². The van der Waals surface area contributed by atoms with Crippen LogP contribution in [0.25, 0.3) is 0 Å². The minimum absolute atomic E-state index is 0.0789. The third-order valence-corrected chi connectivity index (χ3v) is 6.16. The van der Waals surface area contributed by atoms with Crippen molar-refractivity contribution in [1.82, 2.24) is 0 Å². The number of carbonyl (C=O) groups is 1. The van der Waals surface area contributed by atoms with Gasteiger partial charge in [-0.25, -0.2) is 13.2 Å². The molecular formula is C24H21N3O6S. The second-order valence-electron chi connectivity index (χ2n) is 7.20. The summed E-state index contributed by atoms with van der Waals surface area (Å²) >= 11 is 0. The van der Waals surface area contributed by atoms with Gasteiger partial charge in [-0.2, -0.15) is 0 Å². The summed E-state index contributed by atoms with van der Waals surface area (Å²) < 4.78 is 40.6. The molecule has 10 heteroatoms. The van der Waals surface area contributed by atoms with Crippen molar-refractivity contribution in [2.24, 2.45) is 0 Å².